The summed E-state index contributed by atoms with van der Waals surface area (Å²) in [5, 5.41) is 25.0. The Labute approximate surface area is 237 Å². The Bertz CT molecular complexity index is 2130. The molecule has 15 heteroatoms. The number of aromatic nitrogens is 8. The number of alkyl halides is 3. The van der Waals surface area contributed by atoms with Crippen molar-refractivity contribution in [3.63, 3.8) is 0 Å². The third kappa shape index (κ3) is 4.74. The maximum absolute atomic E-state index is 13.4. The first-order chi connectivity index (χ1) is 19.6. The molecule has 0 aliphatic rings. The molecule has 204 valence electrons. The molecule has 4 aromatic heterocycles. The van der Waals surface area contributed by atoms with Crippen molar-refractivity contribution in [2.75, 3.05) is 0 Å². The van der Waals surface area contributed by atoms with Crippen LogP contribution in [0.3, 0.4) is 0 Å². The molecule has 0 saturated heterocycles. The first kappa shape index (κ1) is 26.3. The molecule has 7 rings (SSSR count). The molecule has 1 amide bonds. The Morgan fingerprint density at radius 3 is 1.90 bits per heavy atom. The zero-order valence-corrected chi connectivity index (χ0v) is 21.9. The molecule has 10 nitrogen and oxygen atoms in total. The number of tetrazole rings is 2. The van der Waals surface area contributed by atoms with Crippen LogP contribution in [-0.2, 0) is 6.18 Å². The SMILES string of the molecule is FC(F)(F)c1ccccc1-c1cc2ccc(Cl)cc2n2nnnc12.NC(=O)c1cc2ccc(Cl)cc2n2nnnc12. The van der Waals surface area contributed by atoms with Gasteiger partial charge in [0.25, 0.3) is 5.91 Å². The molecule has 0 aliphatic carbocycles. The van der Waals surface area contributed by atoms with E-state index in [1.807, 2.05) is 0 Å². The van der Waals surface area contributed by atoms with E-state index in [1.165, 1.54) is 21.2 Å². The van der Waals surface area contributed by atoms with E-state index in [0.717, 1.165) is 17.0 Å². The molecule has 7 aromatic rings. The average molecular weight is 596 g/mol. The number of amides is 1. The zero-order chi connectivity index (χ0) is 28.9. The van der Waals surface area contributed by atoms with E-state index in [-0.39, 0.29) is 16.8 Å². The molecule has 3 aromatic carbocycles. The van der Waals surface area contributed by atoms with Gasteiger partial charge >= 0.3 is 6.18 Å². The number of hydrogen-bond acceptors (Lipinski definition) is 7. The van der Waals surface area contributed by atoms with Crippen LogP contribution in [0.1, 0.15) is 15.9 Å². The maximum atomic E-state index is 13.4. The second kappa shape index (κ2) is 9.94. The first-order valence-electron chi connectivity index (χ1n) is 11.7. The Morgan fingerprint density at radius 2 is 1.29 bits per heavy atom. The highest BCUT2D eigenvalue weighted by atomic mass is 35.5. The van der Waals surface area contributed by atoms with Crippen molar-refractivity contribution in [2.45, 2.75) is 6.18 Å². The molecule has 0 bridgehead atoms. The number of rotatable bonds is 2. The van der Waals surface area contributed by atoms with Gasteiger partial charge in [-0.15, -0.1) is 10.2 Å². The van der Waals surface area contributed by atoms with Crippen molar-refractivity contribution in [1.29, 1.82) is 0 Å². The number of primary amides is 1. The highest BCUT2D eigenvalue weighted by Gasteiger charge is 2.34. The normalized spacial score (nSPS) is 11.7. The number of pyridine rings is 2. The summed E-state index contributed by atoms with van der Waals surface area (Å²) in [4.78, 5) is 11.3. The minimum absolute atomic E-state index is 0.0293. The fraction of sp³-hybridized carbons (Fsp3) is 0.0385. The minimum Gasteiger partial charge on any atom is -0.365 e. The van der Waals surface area contributed by atoms with Crippen LogP contribution in [0.25, 0.3) is 44.2 Å². The maximum Gasteiger partial charge on any atom is 0.417 e. The quantitative estimate of drug-likeness (QED) is 0.273. The van der Waals surface area contributed by atoms with Crippen molar-refractivity contribution in [3.05, 3.63) is 94.0 Å². The smallest absolute Gasteiger partial charge is 0.365 e. The number of carbonyl (C=O) groups excluding carboxylic acids is 1. The van der Waals surface area contributed by atoms with Gasteiger partial charge in [-0.25, -0.2) is 0 Å². The van der Waals surface area contributed by atoms with Crippen molar-refractivity contribution in [3.8, 4) is 11.1 Å². The minimum atomic E-state index is -4.48. The number of carbonyl (C=O) groups is 1. The van der Waals surface area contributed by atoms with Crippen molar-refractivity contribution >= 4 is 62.2 Å². The first-order valence-corrected chi connectivity index (χ1v) is 12.4. The van der Waals surface area contributed by atoms with Crippen LogP contribution in [0, 0.1) is 0 Å². The summed E-state index contributed by atoms with van der Waals surface area (Å²) in [7, 11) is 0. The molecule has 4 heterocycles. The standard InChI is InChI=1S/C16H8ClF3N4.C10H6ClN5O/c17-10-6-5-9-7-12(15-21-22-23-24(15)14(9)8-10)11-3-1-2-4-13(11)16(18,19)20;11-6-2-1-5-3-7(9(12)17)10-13-14-15-16(10)8(5)4-6/h1-8H;1-4H,(H2,12,17). The molecule has 0 atom stereocenters. The number of hydrogen-bond donors (Lipinski definition) is 1. The lowest BCUT2D eigenvalue weighted by Gasteiger charge is -2.14. The van der Waals surface area contributed by atoms with Crippen LogP contribution in [0.15, 0.2) is 72.8 Å². The van der Waals surface area contributed by atoms with Crippen molar-refractivity contribution < 1.29 is 18.0 Å². The zero-order valence-electron chi connectivity index (χ0n) is 20.4. The molecule has 0 unspecified atom stereocenters. The molecule has 0 radical (unpaired) electrons. The van der Waals surface area contributed by atoms with Crippen LogP contribution in [-0.4, -0.2) is 46.0 Å². The lowest BCUT2D eigenvalue weighted by molar-refractivity contribution is -0.137. The molecule has 0 spiro atoms. The molecular weight excluding hydrogens is 582 g/mol. The summed E-state index contributed by atoms with van der Waals surface area (Å²) in [6.45, 7) is 0. The van der Waals surface area contributed by atoms with E-state index < -0.39 is 17.6 Å². The van der Waals surface area contributed by atoms with Crippen LogP contribution in [0.5, 0.6) is 0 Å². The Kier molecular flexibility index (Phi) is 6.39. The van der Waals surface area contributed by atoms with E-state index >= 15 is 0 Å². The number of benzene rings is 3. The molecular formula is C26H14Cl2F3N9O. The van der Waals surface area contributed by atoms with E-state index in [9.17, 15) is 18.0 Å². The molecule has 2 N–H and O–H groups in total. The molecule has 0 saturated carbocycles. The monoisotopic (exact) mass is 595 g/mol. The average Bonchev–Trinajstić information content (AvgIpc) is 3.63. The van der Waals surface area contributed by atoms with E-state index in [0.29, 0.717) is 32.2 Å². The fourth-order valence-electron chi connectivity index (χ4n) is 4.46. The van der Waals surface area contributed by atoms with E-state index in [1.54, 1.807) is 54.6 Å². The number of nitrogens with two attached hydrogens (primary N) is 1. The third-order valence-electron chi connectivity index (χ3n) is 6.25. The third-order valence-corrected chi connectivity index (χ3v) is 6.72. The van der Waals surface area contributed by atoms with Crippen LogP contribution in [0.4, 0.5) is 13.2 Å². The van der Waals surface area contributed by atoms with Gasteiger partial charge in [-0.2, -0.15) is 22.2 Å². The Hall–Kier alpha value is -4.88. The summed E-state index contributed by atoms with van der Waals surface area (Å²) < 4.78 is 42.9. The van der Waals surface area contributed by atoms with Crippen molar-refractivity contribution in [2.24, 2.45) is 5.73 Å². The van der Waals surface area contributed by atoms with Gasteiger partial charge < -0.3 is 5.73 Å². The lowest BCUT2D eigenvalue weighted by atomic mass is 9.99. The molecule has 41 heavy (non-hydrogen) atoms. The van der Waals surface area contributed by atoms with E-state index in [4.69, 9.17) is 28.9 Å². The van der Waals surface area contributed by atoms with Gasteiger partial charge in [0, 0.05) is 26.4 Å². The summed E-state index contributed by atoms with van der Waals surface area (Å²) >= 11 is 11.9. The predicted octanol–water partition coefficient (Wildman–Crippen LogP) is 5.65. The number of fused-ring (bicyclic) bond motifs is 6. The molecule has 0 fully saturated rings. The Balaban J connectivity index is 0.000000156. The largest absolute Gasteiger partial charge is 0.417 e. The highest BCUT2D eigenvalue weighted by Crippen LogP contribution is 2.39. The topological polar surface area (TPSA) is 129 Å². The summed E-state index contributed by atoms with van der Waals surface area (Å²) in [6.07, 6.45) is -4.48. The van der Waals surface area contributed by atoms with Gasteiger partial charge in [-0.1, -0.05) is 53.5 Å². The number of nitrogens with zero attached hydrogens (tertiary/aromatic N) is 8. The van der Waals surface area contributed by atoms with Crippen LogP contribution >= 0.6 is 23.2 Å². The molecule has 0 aliphatic heterocycles. The van der Waals surface area contributed by atoms with Gasteiger partial charge in [0.05, 0.1) is 22.2 Å². The highest BCUT2D eigenvalue weighted by molar-refractivity contribution is 6.31. The summed E-state index contributed by atoms with van der Waals surface area (Å²) in [6, 6.07) is 18.9. The lowest BCUT2D eigenvalue weighted by Crippen LogP contribution is -2.13. The second-order valence-corrected chi connectivity index (χ2v) is 9.63. The van der Waals surface area contributed by atoms with Crippen LogP contribution < -0.4 is 5.73 Å². The van der Waals surface area contributed by atoms with Crippen molar-refractivity contribution in [1.82, 2.24) is 40.1 Å². The Morgan fingerprint density at radius 1 is 0.732 bits per heavy atom. The van der Waals surface area contributed by atoms with Gasteiger partial charge in [0.1, 0.15) is 0 Å². The van der Waals surface area contributed by atoms with Gasteiger partial charge in [0.15, 0.2) is 11.3 Å². The number of halogens is 5. The predicted molar refractivity (Wildman–Crippen MR) is 146 cm³/mol. The fourth-order valence-corrected chi connectivity index (χ4v) is 4.80. The van der Waals surface area contributed by atoms with Gasteiger partial charge in [0.2, 0.25) is 0 Å². The van der Waals surface area contributed by atoms with E-state index in [2.05, 4.69) is 31.1 Å². The van der Waals surface area contributed by atoms with Crippen LogP contribution in [0.2, 0.25) is 10.0 Å². The second-order valence-electron chi connectivity index (χ2n) is 8.76. The van der Waals surface area contributed by atoms with Gasteiger partial charge in [-0.3, -0.25) is 4.79 Å². The summed E-state index contributed by atoms with van der Waals surface area (Å²) in [5.74, 6) is -0.568. The van der Waals surface area contributed by atoms with Gasteiger partial charge in [-0.05, 0) is 68.9 Å². The summed E-state index contributed by atoms with van der Waals surface area (Å²) in [5.41, 5.74) is 7.08.